The predicted octanol–water partition coefficient (Wildman–Crippen LogP) is 4.27. The lowest BCUT2D eigenvalue weighted by Gasteiger charge is -2.05. The summed E-state index contributed by atoms with van der Waals surface area (Å²) in [5.41, 5.74) is 1.67. The second-order valence-corrected chi connectivity index (χ2v) is 5.05. The van der Waals surface area contributed by atoms with Gasteiger partial charge in [0.05, 0.1) is 17.1 Å². The molecule has 3 rings (SSSR count). The molecular weight excluding hydrogens is 294 g/mol. The van der Waals surface area contributed by atoms with E-state index >= 15 is 0 Å². The van der Waals surface area contributed by atoms with Gasteiger partial charge in [0, 0.05) is 11.6 Å². The van der Waals surface area contributed by atoms with Crippen LogP contribution in [0.4, 0.5) is 5.88 Å². The van der Waals surface area contributed by atoms with Gasteiger partial charge in [-0.05, 0) is 30.7 Å². The number of benzene rings is 1. The SMILES string of the molecule is CCCn1c(-c2ccc([N+](=O)[O-])o2)nc2cc(Cl)ccc21. The lowest BCUT2D eigenvalue weighted by molar-refractivity contribution is -0.401. The topological polar surface area (TPSA) is 74.1 Å². The Balaban J connectivity index is 2.19. The molecule has 0 aliphatic rings. The predicted molar refractivity (Wildman–Crippen MR) is 79.4 cm³/mol. The zero-order chi connectivity index (χ0) is 15.0. The average molecular weight is 306 g/mol. The summed E-state index contributed by atoms with van der Waals surface area (Å²) in [7, 11) is 0. The van der Waals surface area contributed by atoms with Crippen LogP contribution in [0.3, 0.4) is 0 Å². The van der Waals surface area contributed by atoms with Crippen LogP contribution < -0.4 is 0 Å². The molecule has 0 aliphatic carbocycles. The third-order valence-electron chi connectivity index (χ3n) is 3.15. The summed E-state index contributed by atoms with van der Waals surface area (Å²) in [5.74, 6) is 0.655. The molecule has 1 aromatic carbocycles. The maximum absolute atomic E-state index is 10.7. The molecule has 0 atom stereocenters. The van der Waals surface area contributed by atoms with E-state index in [2.05, 4.69) is 11.9 Å². The highest BCUT2D eigenvalue weighted by Crippen LogP contribution is 2.30. The summed E-state index contributed by atoms with van der Waals surface area (Å²) in [5, 5.41) is 11.3. The van der Waals surface area contributed by atoms with Gasteiger partial charge in [0.1, 0.15) is 4.92 Å². The molecule has 0 bridgehead atoms. The van der Waals surface area contributed by atoms with Crippen LogP contribution in [0.1, 0.15) is 13.3 Å². The lowest BCUT2D eigenvalue weighted by atomic mass is 10.3. The van der Waals surface area contributed by atoms with E-state index in [1.807, 2.05) is 10.6 Å². The number of rotatable bonds is 4. The quantitative estimate of drug-likeness (QED) is 0.533. The van der Waals surface area contributed by atoms with Gasteiger partial charge in [0.15, 0.2) is 11.6 Å². The maximum atomic E-state index is 10.7. The van der Waals surface area contributed by atoms with Gasteiger partial charge in [0.2, 0.25) is 0 Å². The average Bonchev–Trinajstić information content (AvgIpc) is 3.04. The number of imidazole rings is 1. The number of furan rings is 1. The second kappa shape index (κ2) is 5.21. The third kappa shape index (κ3) is 2.38. The molecule has 21 heavy (non-hydrogen) atoms. The fourth-order valence-electron chi connectivity index (χ4n) is 2.29. The van der Waals surface area contributed by atoms with Crippen molar-refractivity contribution < 1.29 is 9.34 Å². The minimum Gasteiger partial charge on any atom is -0.397 e. The molecule has 0 radical (unpaired) electrons. The number of hydrogen-bond donors (Lipinski definition) is 0. The van der Waals surface area contributed by atoms with Gasteiger partial charge in [-0.2, -0.15) is 0 Å². The molecule has 7 heteroatoms. The molecule has 2 aromatic heterocycles. The van der Waals surface area contributed by atoms with Crippen molar-refractivity contribution in [3.63, 3.8) is 0 Å². The van der Waals surface area contributed by atoms with Crippen molar-refractivity contribution in [1.82, 2.24) is 9.55 Å². The Labute approximate surface area is 125 Å². The molecule has 0 aliphatic heterocycles. The van der Waals surface area contributed by atoms with Gasteiger partial charge in [-0.3, -0.25) is 10.1 Å². The summed E-state index contributed by atoms with van der Waals surface area (Å²) in [6.07, 6.45) is 0.907. The summed E-state index contributed by atoms with van der Waals surface area (Å²) < 4.78 is 7.24. The van der Waals surface area contributed by atoms with Crippen LogP contribution in [0.15, 0.2) is 34.7 Å². The molecule has 0 amide bonds. The van der Waals surface area contributed by atoms with Crippen LogP contribution in [0.25, 0.3) is 22.6 Å². The smallest absolute Gasteiger partial charge is 0.397 e. The Bertz CT molecular complexity index is 822. The van der Waals surface area contributed by atoms with Crippen LogP contribution in [0.5, 0.6) is 0 Å². The molecule has 3 aromatic rings. The van der Waals surface area contributed by atoms with E-state index in [1.165, 1.54) is 6.07 Å². The van der Waals surface area contributed by atoms with Crippen molar-refractivity contribution in [3.8, 4) is 11.6 Å². The van der Waals surface area contributed by atoms with Crippen molar-refractivity contribution >= 4 is 28.5 Å². The van der Waals surface area contributed by atoms with Crippen molar-refractivity contribution in [2.24, 2.45) is 0 Å². The first-order valence-corrected chi connectivity index (χ1v) is 6.88. The number of aromatic nitrogens is 2. The van der Waals surface area contributed by atoms with E-state index < -0.39 is 4.92 Å². The summed E-state index contributed by atoms with van der Waals surface area (Å²) >= 11 is 5.99. The van der Waals surface area contributed by atoms with E-state index in [0.717, 1.165) is 24.0 Å². The van der Waals surface area contributed by atoms with Crippen molar-refractivity contribution in [2.75, 3.05) is 0 Å². The molecule has 0 saturated carbocycles. The lowest BCUT2D eigenvalue weighted by Crippen LogP contribution is -1.99. The highest BCUT2D eigenvalue weighted by Gasteiger charge is 2.19. The Morgan fingerprint density at radius 1 is 1.38 bits per heavy atom. The largest absolute Gasteiger partial charge is 0.433 e. The molecule has 2 heterocycles. The number of nitrogens with zero attached hydrogens (tertiary/aromatic N) is 3. The maximum Gasteiger partial charge on any atom is 0.433 e. The minimum absolute atomic E-state index is 0.293. The Hall–Kier alpha value is -2.34. The first kappa shape index (κ1) is 13.6. The van der Waals surface area contributed by atoms with Crippen LogP contribution >= 0.6 is 11.6 Å². The van der Waals surface area contributed by atoms with E-state index in [0.29, 0.717) is 16.6 Å². The van der Waals surface area contributed by atoms with E-state index in [-0.39, 0.29) is 5.88 Å². The van der Waals surface area contributed by atoms with Gasteiger partial charge in [0.25, 0.3) is 0 Å². The normalized spacial score (nSPS) is 11.1. The molecule has 6 nitrogen and oxygen atoms in total. The van der Waals surface area contributed by atoms with Crippen molar-refractivity contribution in [1.29, 1.82) is 0 Å². The molecule has 108 valence electrons. The van der Waals surface area contributed by atoms with Gasteiger partial charge in [-0.25, -0.2) is 4.98 Å². The first-order valence-electron chi connectivity index (χ1n) is 6.50. The van der Waals surface area contributed by atoms with Gasteiger partial charge in [-0.15, -0.1) is 0 Å². The van der Waals surface area contributed by atoms with E-state index in [1.54, 1.807) is 18.2 Å². The van der Waals surface area contributed by atoms with Gasteiger partial charge < -0.3 is 8.98 Å². The van der Waals surface area contributed by atoms with Gasteiger partial charge in [-0.1, -0.05) is 18.5 Å². The summed E-state index contributed by atoms with van der Waals surface area (Å²) in [6, 6.07) is 8.35. The third-order valence-corrected chi connectivity index (χ3v) is 3.38. The summed E-state index contributed by atoms with van der Waals surface area (Å²) in [4.78, 5) is 14.7. The molecule has 0 spiro atoms. The molecule has 0 saturated heterocycles. The Morgan fingerprint density at radius 3 is 2.86 bits per heavy atom. The molecule has 0 fully saturated rings. The number of hydrogen-bond acceptors (Lipinski definition) is 4. The monoisotopic (exact) mass is 305 g/mol. The fraction of sp³-hybridized carbons (Fsp3) is 0.214. The highest BCUT2D eigenvalue weighted by atomic mass is 35.5. The number of nitro groups is 1. The molecular formula is C14H12ClN3O3. The van der Waals surface area contributed by atoms with Gasteiger partial charge >= 0.3 is 5.88 Å². The first-order chi connectivity index (χ1) is 10.1. The summed E-state index contributed by atoms with van der Waals surface area (Å²) in [6.45, 7) is 2.79. The van der Waals surface area contributed by atoms with Crippen molar-refractivity contribution in [2.45, 2.75) is 19.9 Å². The molecule has 0 unspecified atom stereocenters. The van der Waals surface area contributed by atoms with Crippen LogP contribution in [-0.4, -0.2) is 14.5 Å². The minimum atomic E-state index is -0.562. The zero-order valence-corrected chi connectivity index (χ0v) is 12.0. The van der Waals surface area contributed by atoms with Crippen LogP contribution in [0, 0.1) is 10.1 Å². The second-order valence-electron chi connectivity index (χ2n) is 4.62. The fourth-order valence-corrected chi connectivity index (χ4v) is 2.45. The molecule has 0 N–H and O–H groups in total. The van der Waals surface area contributed by atoms with Crippen LogP contribution in [0.2, 0.25) is 5.02 Å². The van der Waals surface area contributed by atoms with E-state index in [4.69, 9.17) is 16.0 Å². The Morgan fingerprint density at radius 2 is 2.19 bits per heavy atom. The standard InChI is InChI=1S/C14H12ClN3O3/c1-2-7-17-11-4-3-9(15)8-10(11)16-14(17)12-5-6-13(21-12)18(19)20/h3-6,8H,2,7H2,1H3. The van der Waals surface area contributed by atoms with E-state index in [9.17, 15) is 10.1 Å². The number of aryl methyl sites for hydroxylation is 1. The van der Waals surface area contributed by atoms with Crippen LogP contribution in [-0.2, 0) is 6.54 Å². The zero-order valence-electron chi connectivity index (χ0n) is 11.2. The Kier molecular flexibility index (Phi) is 3.39. The number of halogens is 1. The number of fused-ring (bicyclic) bond motifs is 1. The highest BCUT2D eigenvalue weighted by molar-refractivity contribution is 6.31. The van der Waals surface area contributed by atoms with Crippen molar-refractivity contribution in [3.05, 3.63) is 45.5 Å².